The van der Waals surface area contributed by atoms with Gasteiger partial charge in [0.1, 0.15) is 5.82 Å². The molecule has 2 aromatic carbocycles. The second kappa shape index (κ2) is 9.56. The van der Waals surface area contributed by atoms with Crippen LogP contribution in [0.3, 0.4) is 0 Å². The highest BCUT2D eigenvalue weighted by Gasteiger charge is 2.13. The molecule has 0 saturated carbocycles. The highest BCUT2D eigenvalue weighted by atomic mass is 16.2. The highest BCUT2D eigenvalue weighted by molar-refractivity contribution is 6.05. The van der Waals surface area contributed by atoms with Gasteiger partial charge >= 0.3 is 0 Å². The number of nitrogen functional groups attached to an aromatic ring is 1. The first-order valence-electron chi connectivity index (χ1n) is 10.1. The van der Waals surface area contributed by atoms with Crippen LogP contribution in [-0.4, -0.2) is 26.8 Å². The topological polar surface area (TPSA) is 149 Å². The molecule has 4 rings (SSSR count). The van der Waals surface area contributed by atoms with Crippen molar-refractivity contribution in [1.82, 2.24) is 15.0 Å². The number of nitrogens with zero attached hydrogens (tertiary/aromatic N) is 3. The number of carbonyl (C=O) groups is 2. The fourth-order valence-electron chi connectivity index (χ4n) is 3.10. The smallest absolute Gasteiger partial charge is 0.255 e. The molecule has 6 N–H and O–H groups in total. The summed E-state index contributed by atoms with van der Waals surface area (Å²) in [5.41, 5.74) is 14.7. The van der Waals surface area contributed by atoms with E-state index in [0.29, 0.717) is 40.7 Å². The van der Waals surface area contributed by atoms with Crippen molar-refractivity contribution >= 4 is 29.0 Å². The number of pyridine rings is 1. The number of benzene rings is 2. The van der Waals surface area contributed by atoms with Gasteiger partial charge in [-0.15, -0.1) is 0 Å². The number of rotatable bonds is 7. The molecule has 2 heterocycles. The highest BCUT2D eigenvalue weighted by Crippen LogP contribution is 2.20. The van der Waals surface area contributed by atoms with Crippen LogP contribution in [0.2, 0.25) is 0 Å². The van der Waals surface area contributed by atoms with Crippen LogP contribution in [-0.2, 0) is 6.54 Å². The van der Waals surface area contributed by atoms with Crippen molar-refractivity contribution in [2.24, 2.45) is 5.73 Å². The molecule has 0 aliphatic carbocycles. The van der Waals surface area contributed by atoms with Crippen LogP contribution in [0.4, 0.5) is 17.2 Å². The van der Waals surface area contributed by atoms with Crippen molar-refractivity contribution in [2.45, 2.75) is 6.54 Å². The number of hydrogen-bond acceptors (Lipinski definition) is 7. The maximum atomic E-state index is 12.5. The van der Waals surface area contributed by atoms with Crippen LogP contribution in [0, 0.1) is 0 Å². The molecule has 0 radical (unpaired) electrons. The first-order valence-corrected chi connectivity index (χ1v) is 10.1. The third kappa shape index (κ3) is 5.10. The molecule has 9 heteroatoms. The molecule has 0 unspecified atom stereocenters. The number of hydrogen-bond donors (Lipinski definition) is 4. The lowest BCUT2D eigenvalue weighted by Gasteiger charge is -2.11. The maximum absolute atomic E-state index is 12.5. The molecule has 33 heavy (non-hydrogen) atoms. The molecule has 2 aromatic heterocycles. The molecule has 164 valence electrons. The summed E-state index contributed by atoms with van der Waals surface area (Å²) in [6.07, 6.45) is 4.68. The molecule has 0 saturated heterocycles. The van der Waals surface area contributed by atoms with Crippen LogP contribution in [0.25, 0.3) is 11.4 Å². The van der Waals surface area contributed by atoms with Crippen molar-refractivity contribution in [2.75, 3.05) is 16.4 Å². The zero-order valence-corrected chi connectivity index (χ0v) is 17.5. The molecule has 0 aliphatic heterocycles. The molecule has 0 spiro atoms. The summed E-state index contributed by atoms with van der Waals surface area (Å²) in [4.78, 5) is 37.0. The third-order valence-electron chi connectivity index (χ3n) is 4.86. The minimum Gasteiger partial charge on any atom is -0.397 e. The van der Waals surface area contributed by atoms with Crippen LogP contribution in [0.5, 0.6) is 0 Å². The van der Waals surface area contributed by atoms with E-state index in [1.165, 1.54) is 6.20 Å². The number of carbonyl (C=O) groups excluding carboxylic acids is 2. The van der Waals surface area contributed by atoms with E-state index in [2.05, 4.69) is 25.6 Å². The van der Waals surface area contributed by atoms with Crippen molar-refractivity contribution in [3.05, 3.63) is 95.9 Å². The first-order chi connectivity index (χ1) is 16.0. The van der Waals surface area contributed by atoms with Crippen LogP contribution in [0.1, 0.15) is 26.3 Å². The summed E-state index contributed by atoms with van der Waals surface area (Å²) in [5.74, 6) is -0.164. The Morgan fingerprint density at radius 1 is 0.939 bits per heavy atom. The Bertz CT molecular complexity index is 1290. The number of aromatic nitrogens is 3. The van der Waals surface area contributed by atoms with E-state index in [1.54, 1.807) is 54.9 Å². The van der Waals surface area contributed by atoms with Gasteiger partial charge in [0.25, 0.3) is 11.8 Å². The van der Waals surface area contributed by atoms with Crippen molar-refractivity contribution in [3.63, 3.8) is 0 Å². The Kier molecular flexibility index (Phi) is 6.21. The van der Waals surface area contributed by atoms with E-state index >= 15 is 0 Å². The zero-order chi connectivity index (χ0) is 23.2. The van der Waals surface area contributed by atoms with Gasteiger partial charge in [-0.05, 0) is 42.0 Å². The quantitative estimate of drug-likeness (QED) is 0.323. The second-order valence-electron chi connectivity index (χ2n) is 7.15. The average Bonchev–Trinajstić information content (AvgIpc) is 2.84. The first kappa shape index (κ1) is 21.4. The minimum absolute atomic E-state index is 0.180. The van der Waals surface area contributed by atoms with E-state index in [9.17, 15) is 9.59 Å². The zero-order valence-electron chi connectivity index (χ0n) is 17.5. The Labute approximate surface area is 189 Å². The molecule has 2 amide bonds. The van der Waals surface area contributed by atoms with Gasteiger partial charge in [-0.1, -0.05) is 24.3 Å². The average molecular weight is 439 g/mol. The summed E-state index contributed by atoms with van der Waals surface area (Å²) >= 11 is 0. The van der Waals surface area contributed by atoms with Crippen molar-refractivity contribution in [3.8, 4) is 11.4 Å². The molecule has 9 nitrogen and oxygen atoms in total. The Hall–Kier alpha value is -4.79. The fraction of sp³-hybridized carbons (Fsp3) is 0.0417. The maximum Gasteiger partial charge on any atom is 0.255 e. The van der Waals surface area contributed by atoms with Crippen LogP contribution >= 0.6 is 0 Å². The summed E-state index contributed by atoms with van der Waals surface area (Å²) in [7, 11) is 0. The van der Waals surface area contributed by atoms with Gasteiger partial charge in [0.05, 0.1) is 16.9 Å². The summed E-state index contributed by atoms with van der Waals surface area (Å²) in [6, 6.07) is 17.7. The van der Waals surface area contributed by atoms with Crippen molar-refractivity contribution < 1.29 is 9.59 Å². The summed E-state index contributed by atoms with van der Waals surface area (Å²) in [5, 5.41) is 5.92. The number of para-hydroxylation sites is 2. The molecule has 0 fully saturated rings. The molecule has 0 aliphatic rings. The van der Waals surface area contributed by atoms with Gasteiger partial charge in [0, 0.05) is 36.3 Å². The third-order valence-corrected chi connectivity index (χ3v) is 4.86. The molecule has 0 atom stereocenters. The largest absolute Gasteiger partial charge is 0.397 e. The van der Waals surface area contributed by atoms with Crippen LogP contribution in [0.15, 0.2) is 79.3 Å². The Balaban J connectivity index is 1.47. The van der Waals surface area contributed by atoms with E-state index in [1.807, 2.05) is 18.2 Å². The van der Waals surface area contributed by atoms with E-state index in [4.69, 9.17) is 11.5 Å². The fourth-order valence-corrected chi connectivity index (χ4v) is 3.10. The lowest BCUT2D eigenvalue weighted by Crippen LogP contribution is -2.17. The molecule has 4 aromatic rings. The molecule has 0 bridgehead atoms. The second-order valence-corrected chi connectivity index (χ2v) is 7.15. The summed E-state index contributed by atoms with van der Waals surface area (Å²) in [6.45, 7) is 0.358. The van der Waals surface area contributed by atoms with E-state index in [0.717, 1.165) is 5.56 Å². The van der Waals surface area contributed by atoms with Gasteiger partial charge in [0.15, 0.2) is 5.82 Å². The van der Waals surface area contributed by atoms with Crippen molar-refractivity contribution in [1.29, 1.82) is 0 Å². The van der Waals surface area contributed by atoms with E-state index in [-0.39, 0.29) is 11.5 Å². The number of nitrogens with two attached hydrogens (primary N) is 2. The van der Waals surface area contributed by atoms with Crippen LogP contribution < -0.4 is 22.1 Å². The van der Waals surface area contributed by atoms with E-state index < -0.39 is 5.91 Å². The molecular formula is C24H21N7O2. The summed E-state index contributed by atoms with van der Waals surface area (Å²) < 4.78 is 0. The van der Waals surface area contributed by atoms with Gasteiger partial charge in [-0.3, -0.25) is 14.6 Å². The lowest BCUT2D eigenvalue weighted by molar-refractivity contribution is 0.0997. The SMILES string of the molecule is NC(=O)c1cnc(-c2cccnc2)nc1NCc1ccc(C(=O)Nc2ccccc2N)cc1. The predicted molar refractivity (Wildman–Crippen MR) is 126 cm³/mol. The molecular weight excluding hydrogens is 418 g/mol. The predicted octanol–water partition coefficient (Wildman–Crippen LogP) is 3.08. The van der Waals surface area contributed by atoms with Gasteiger partial charge in [-0.2, -0.15) is 0 Å². The number of anilines is 3. The number of primary amides is 1. The Morgan fingerprint density at radius 2 is 1.73 bits per heavy atom. The Morgan fingerprint density at radius 3 is 2.42 bits per heavy atom. The normalized spacial score (nSPS) is 10.4. The minimum atomic E-state index is -0.637. The standard InChI is InChI=1S/C24H21N7O2/c25-19-5-1-2-6-20(19)30-24(33)16-9-7-15(8-10-16)12-28-23-18(21(26)32)14-29-22(31-23)17-4-3-11-27-13-17/h1-11,13-14H,12,25H2,(H2,26,32)(H,30,33)(H,28,29,31). The lowest BCUT2D eigenvalue weighted by atomic mass is 10.1. The van der Waals surface area contributed by atoms with Gasteiger partial charge in [-0.25, -0.2) is 9.97 Å². The monoisotopic (exact) mass is 439 g/mol. The van der Waals surface area contributed by atoms with Gasteiger partial charge in [0.2, 0.25) is 0 Å². The number of amides is 2. The number of nitrogens with one attached hydrogen (secondary N) is 2. The van der Waals surface area contributed by atoms with Gasteiger partial charge < -0.3 is 22.1 Å².